The highest BCUT2D eigenvalue weighted by atomic mass is 16.2. The van der Waals surface area contributed by atoms with Crippen LogP contribution >= 0.6 is 0 Å². The van der Waals surface area contributed by atoms with E-state index >= 15 is 0 Å². The molecule has 2 N–H and O–H groups in total. The Bertz CT molecular complexity index is 991. The van der Waals surface area contributed by atoms with E-state index in [9.17, 15) is 9.59 Å². The maximum absolute atomic E-state index is 12.7. The first-order chi connectivity index (χ1) is 13.4. The molecular formula is C20H20N6O2. The minimum atomic E-state index is -0.391. The van der Waals surface area contributed by atoms with Gasteiger partial charge in [-0.05, 0) is 38.3 Å². The smallest absolute Gasteiger partial charge is 0.323 e. The van der Waals surface area contributed by atoms with Gasteiger partial charge in [-0.3, -0.25) is 9.78 Å². The largest absolute Gasteiger partial charge is 0.346 e. The van der Waals surface area contributed by atoms with Crippen molar-refractivity contribution in [1.29, 1.82) is 5.26 Å². The number of urea groups is 1. The number of carbonyl (C=O) groups excluding carboxylic acids is 2. The molecule has 8 heteroatoms. The highest BCUT2D eigenvalue weighted by Crippen LogP contribution is 2.56. The fourth-order valence-corrected chi connectivity index (χ4v) is 3.89. The predicted molar refractivity (Wildman–Crippen MR) is 101 cm³/mol. The van der Waals surface area contributed by atoms with Crippen LogP contribution in [0.3, 0.4) is 0 Å². The average Bonchev–Trinajstić information content (AvgIpc) is 3.46. The molecule has 1 aromatic heterocycles. The van der Waals surface area contributed by atoms with Gasteiger partial charge in [0, 0.05) is 11.3 Å². The van der Waals surface area contributed by atoms with E-state index in [1.807, 2.05) is 31.2 Å². The molecule has 28 heavy (non-hydrogen) atoms. The Morgan fingerprint density at radius 2 is 2.18 bits per heavy atom. The summed E-state index contributed by atoms with van der Waals surface area (Å²) in [7, 11) is 0. The second-order valence-electron chi connectivity index (χ2n) is 7.27. The molecule has 2 aliphatic rings. The third-order valence-electron chi connectivity index (χ3n) is 5.37. The van der Waals surface area contributed by atoms with E-state index in [1.54, 1.807) is 11.8 Å². The molecular weight excluding hydrogens is 356 g/mol. The second kappa shape index (κ2) is 6.60. The van der Waals surface area contributed by atoms with Crippen molar-refractivity contribution in [1.82, 2.24) is 20.2 Å². The summed E-state index contributed by atoms with van der Waals surface area (Å²) in [5, 5.41) is 14.6. The minimum Gasteiger partial charge on any atom is -0.346 e. The molecule has 4 rings (SSSR count). The topological polar surface area (TPSA) is 111 Å². The maximum atomic E-state index is 12.7. The second-order valence-corrected chi connectivity index (χ2v) is 7.27. The van der Waals surface area contributed by atoms with E-state index < -0.39 is 5.54 Å². The van der Waals surface area contributed by atoms with Crippen molar-refractivity contribution in [3.8, 4) is 6.07 Å². The number of amides is 3. The number of nitrogens with zero attached hydrogens (tertiary/aromatic N) is 4. The van der Waals surface area contributed by atoms with Crippen LogP contribution in [0.15, 0.2) is 30.6 Å². The molecule has 0 saturated heterocycles. The van der Waals surface area contributed by atoms with Crippen LogP contribution in [-0.2, 0) is 10.3 Å². The van der Waals surface area contributed by atoms with E-state index in [-0.39, 0.29) is 30.2 Å². The summed E-state index contributed by atoms with van der Waals surface area (Å²) in [6, 6.07) is 7.13. The van der Waals surface area contributed by atoms with Crippen LogP contribution < -0.4 is 10.6 Å². The molecule has 3 amide bonds. The lowest BCUT2D eigenvalue weighted by Gasteiger charge is -2.38. The number of hydrogen-bond acceptors (Lipinski definition) is 5. The van der Waals surface area contributed by atoms with Gasteiger partial charge in [0.15, 0.2) is 5.69 Å². The van der Waals surface area contributed by atoms with Crippen molar-refractivity contribution in [3.63, 3.8) is 0 Å². The lowest BCUT2D eigenvalue weighted by Crippen LogP contribution is -2.51. The number of nitrogens with one attached hydrogen (secondary N) is 2. The first-order valence-corrected chi connectivity index (χ1v) is 9.15. The van der Waals surface area contributed by atoms with Crippen LogP contribution in [0.4, 0.5) is 10.5 Å². The Kier molecular flexibility index (Phi) is 4.23. The van der Waals surface area contributed by atoms with Crippen molar-refractivity contribution in [2.45, 2.75) is 38.3 Å². The number of rotatable bonds is 4. The third-order valence-corrected chi connectivity index (χ3v) is 5.37. The fourth-order valence-electron chi connectivity index (χ4n) is 3.89. The van der Waals surface area contributed by atoms with E-state index in [0.717, 1.165) is 29.7 Å². The van der Waals surface area contributed by atoms with Crippen molar-refractivity contribution >= 4 is 17.6 Å². The molecule has 1 spiro atoms. The van der Waals surface area contributed by atoms with Crippen LogP contribution in [0.5, 0.6) is 0 Å². The third kappa shape index (κ3) is 2.95. The van der Waals surface area contributed by atoms with Crippen molar-refractivity contribution in [2.24, 2.45) is 0 Å². The summed E-state index contributed by atoms with van der Waals surface area (Å²) in [5.74, 6) is -0.267. The summed E-state index contributed by atoms with van der Waals surface area (Å²) in [6.07, 6.45) is 4.54. The Morgan fingerprint density at radius 3 is 2.82 bits per heavy atom. The molecule has 1 aromatic carbocycles. The van der Waals surface area contributed by atoms with Gasteiger partial charge in [0.1, 0.15) is 12.6 Å². The van der Waals surface area contributed by atoms with Crippen LogP contribution in [-0.4, -0.2) is 33.4 Å². The summed E-state index contributed by atoms with van der Waals surface area (Å²) in [4.78, 5) is 35.1. The molecule has 142 valence electrons. The molecule has 2 aromatic rings. The van der Waals surface area contributed by atoms with Crippen molar-refractivity contribution in [2.75, 3.05) is 11.9 Å². The van der Waals surface area contributed by atoms with Crippen LogP contribution in [0.1, 0.15) is 48.3 Å². The van der Waals surface area contributed by atoms with E-state index in [4.69, 9.17) is 5.26 Å². The molecule has 0 radical (unpaired) electrons. The molecule has 1 atom stereocenters. The Hall–Kier alpha value is -3.47. The minimum absolute atomic E-state index is 0.0341. The molecule has 0 unspecified atom stereocenters. The quantitative estimate of drug-likeness (QED) is 0.851. The number of fused-ring (bicyclic) bond motifs is 2. The Morgan fingerprint density at radius 1 is 1.39 bits per heavy atom. The molecule has 1 saturated carbocycles. The highest BCUT2D eigenvalue weighted by Gasteiger charge is 2.56. The number of benzene rings is 1. The van der Waals surface area contributed by atoms with Crippen LogP contribution in [0.25, 0.3) is 0 Å². The molecule has 2 heterocycles. The Labute approximate surface area is 162 Å². The zero-order valence-electron chi connectivity index (χ0n) is 15.7. The lowest BCUT2D eigenvalue weighted by molar-refractivity contribution is -0.123. The van der Waals surface area contributed by atoms with Gasteiger partial charge in [0.2, 0.25) is 5.91 Å². The molecule has 1 fully saturated rings. The SMILES string of the molecule is Cc1cccc2c1C1(CC1)N(CC(=O)N[C@H](C)c1cnc(C#N)cn1)C(=O)N2. The normalized spacial score (nSPS) is 17.3. The molecule has 1 aliphatic heterocycles. The van der Waals surface area contributed by atoms with Gasteiger partial charge in [-0.1, -0.05) is 12.1 Å². The number of aryl methyl sites for hydroxylation is 1. The lowest BCUT2D eigenvalue weighted by atomic mass is 9.93. The van der Waals surface area contributed by atoms with E-state index in [0.29, 0.717) is 5.69 Å². The number of carbonyl (C=O) groups is 2. The predicted octanol–water partition coefficient (Wildman–Crippen LogP) is 2.37. The number of aromatic nitrogens is 2. The summed E-state index contributed by atoms with van der Waals surface area (Å²) >= 11 is 0. The molecule has 0 bridgehead atoms. The monoisotopic (exact) mass is 376 g/mol. The van der Waals surface area contributed by atoms with Gasteiger partial charge in [-0.15, -0.1) is 0 Å². The highest BCUT2D eigenvalue weighted by molar-refractivity contribution is 5.97. The first kappa shape index (κ1) is 17.9. The fraction of sp³-hybridized carbons (Fsp3) is 0.350. The maximum Gasteiger partial charge on any atom is 0.323 e. The van der Waals surface area contributed by atoms with Gasteiger partial charge in [-0.2, -0.15) is 5.26 Å². The van der Waals surface area contributed by atoms with Gasteiger partial charge in [0.25, 0.3) is 0 Å². The summed E-state index contributed by atoms with van der Waals surface area (Å²) < 4.78 is 0. The molecule has 8 nitrogen and oxygen atoms in total. The zero-order chi connectivity index (χ0) is 19.9. The average molecular weight is 376 g/mol. The number of nitriles is 1. The van der Waals surface area contributed by atoms with Gasteiger partial charge < -0.3 is 15.5 Å². The van der Waals surface area contributed by atoms with Crippen molar-refractivity contribution in [3.05, 3.63) is 53.1 Å². The van der Waals surface area contributed by atoms with Gasteiger partial charge in [-0.25, -0.2) is 9.78 Å². The number of hydrogen-bond donors (Lipinski definition) is 2. The molecule has 1 aliphatic carbocycles. The number of anilines is 1. The first-order valence-electron chi connectivity index (χ1n) is 9.15. The van der Waals surface area contributed by atoms with E-state index in [2.05, 4.69) is 20.6 Å². The van der Waals surface area contributed by atoms with Crippen LogP contribution in [0, 0.1) is 18.3 Å². The van der Waals surface area contributed by atoms with Crippen LogP contribution in [0.2, 0.25) is 0 Å². The Balaban J connectivity index is 1.49. The summed E-state index contributed by atoms with van der Waals surface area (Å²) in [6.45, 7) is 3.78. The van der Waals surface area contributed by atoms with E-state index in [1.165, 1.54) is 12.4 Å². The standard InChI is InChI=1S/C20H20N6O2/c1-12-4-3-5-15-18(12)20(6-7-20)26(19(28)25-15)11-17(27)24-13(2)16-10-22-14(8-21)9-23-16/h3-5,9-10,13H,6-7,11H2,1-2H3,(H,24,27)(H,25,28)/t13-/m1/s1. The van der Waals surface area contributed by atoms with Crippen molar-refractivity contribution < 1.29 is 9.59 Å². The van der Waals surface area contributed by atoms with Gasteiger partial charge >= 0.3 is 6.03 Å². The summed E-state index contributed by atoms with van der Waals surface area (Å²) in [5.41, 5.74) is 3.43. The zero-order valence-corrected chi connectivity index (χ0v) is 15.7. The van der Waals surface area contributed by atoms with Gasteiger partial charge in [0.05, 0.1) is 29.7 Å².